The van der Waals surface area contributed by atoms with Crippen LogP contribution in [-0.2, 0) is 19.2 Å². The lowest BCUT2D eigenvalue weighted by Gasteiger charge is -2.35. The summed E-state index contributed by atoms with van der Waals surface area (Å²) in [6.07, 6.45) is 4.29. The van der Waals surface area contributed by atoms with E-state index in [4.69, 9.17) is 0 Å². The molecule has 0 aromatic carbocycles. The van der Waals surface area contributed by atoms with Crippen LogP contribution in [0, 0.1) is 21.7 Å². The fraction of sp³-hybridized carbons (Fsp3) is 0.810. The van der Waals surface area contributed by atoms with Crippen LogP contribution in [0.15, 0.2) is 0 Å². The molecule has 0 saturated heterocycles. The molecule has 0 radical (unpaired) electrons. The highest BCUT2D eigenvalue weighted by Gasteiger charge is 2.46. The van der Waals surface area contributed by atoms with Gasteiger partial charge in [0.25, 0.3) is 0 Å². The van der Waals surface area contributed by atoms with Gasteiger partial charge in [-0.2, -0.15) is 0 Å². The van der Waals surface area contributed by atoms with Crippen LogP contribution in [0.25, 0.3) is 0 Å². The van der Waals surface area contributed by atoms with Gasteiger partial charge < -0.3 is 0 Å². The normalized spacial score (nSPS) is 27.2. The van der Waals surface area contributed by atoms with Crippen molar-refractivity contribution in [1.82, 2.24) is 0 Å². The quantitative estimate of drug-likeness (QED) is 0.481. The van der Waals surface area contributed by atoms with E-state index in [-0.39, 0.29) is 23.1 Å². The van der Waals surface area contributed by atoms with Crippen LogP contribution in [0.2, 0.25) is 0 Å². The molecule has 2 aliphatic carbocycles. The Morgan fingerprint density at radius 2 is 0.640 bits per heavy atom. The van der Waals surface area contributed by atoms with Crippen LogP contribution >= 0.6 is 0 Å². The number of Topliss-reactive ketones (excluding diaryl/α,β-unsaturated/α-hetero) is 4. The number of carbonyl (C=O) groups excluding carboxylic acids is 4. The van der Waals surface area contributed by atoms with E-state index in [9.17, 15) is 19.2 Å². The van der Waals surface area contributed by atoms with Crippen LogP contribution in [0.1, 0.15) is 87.5 Å². The zero-order valence-electron chi connectivity index (χ0n) is 17.2. The predicted molar refractivity (Wildman–Crippen MR) is 98.2 cm³/mol. The van der Waals surface area contributed by atoms with E-state index in [0.717, 1.165) is 32.1 Å². The van der Waals surface area contributed by atoms with Crippen molar-refractivity contribution in [1.29, 1.82) is 0 Å². The number of hydrogen-bond donors (Lipinski definition) is 0. The molecule has 0 spiro atoms. The van der Waals surface area contributed by atoms with Crippen LogP contribution < -0.4 is 0 Å². The second-order valence-corrected chi connectivity index (χ2v) is 10.2. The molecule has 0 aliphatic heterocycles. The summed E-state index contributed by atoms with van der Waals surface area (Å²) in [5.74, 6) is -0.762. The molecule has 0 aromatic heterocycles. The molecule has 0 atom stereocenters. The summed E-state index contributed by atoms with van der Waals surface area (Å²) < 4.78 is 0. The van der Waals surface area contributed by atoms with Crippen LogP contribution in [-0.4, -0.2) is 23.1 Å². The first kappa shape index (κ1) is 21.7. The standard InChI is InChI=1S/C11H18O2.C10H16O2/c1-10(2)6-5-7-11(3,4)9(13)8(10)12;1-9(2)5-6-10(3,4)8(12)7(9)11/h5-7H2,1-4H3;5-6H2,1-4H3. The summed E-state index contributed by atoms with van der Waals surface area (Å²) in [5, 5.41) is 0. The van der Waals surface area contributed by atoms with Gasteiger partial charge in [-0.15, -0.1) is 0 Å². The molecule has 0 unspecified atom stereocenters. The molecule has 2 fully saturated rings. The highest BCUT2D eigenvalue weighted by Crippen LogP contribution is 2.39. The monoisotopic (exact) mass is 350 g/mol. The maximum Gasteiger partial charge on any atom is 0.204 e. The number of hydrogen-bond acceptors (Lipinski definition) is 4. The fourth-order valence-electron chi connectivity index (χ4n) is 3.28. The zero-order valence-corrected chi connectivity index (χ0v) is 17.2. The lowest BCUT2D eigenvalue weighted by atomic mass is 9.65. The summed E-state index contributed by atoms with van der Waals surface area (Å²) in [6.45, 7) is 14.9. The summed E-state index contributed by atoms with van der Waals surface area (Å²) in [7, 11) is 0. The molecule has 0 aromatic rings. The minimum atomic E-state index is -0.440. The fourth-order valence-corrected chi connectivity index (χ4v) is 3.28. The summed E-state index contributed by atoms with van der Waals surface area (Å²) >= 11 is 0. The molecule has 2 saturated carbocycles. The summed E-state index contributed by atoms with van der Waals surface area (Å²) in [4.78, 5) is 46.5. The Hall–Kier alpha value is -1.32. The van der Waals surface area contributed by atoms with Crippen molar-refractivity contribution in [2.24, 2.45) is 21.7 Å². The van der Waals surface area contributed by atoms with Crippen LogP contribution in [0.4, 0.5) is 0 Å². The lowest BCUT2D eigenvalue weighted by molar-refractivity contribution is -0.150. The minimum Gasteiger partial charge on any atom is -0.290 e. The molecule has 25 heavy (non-hydrogen) atoms. The van der Waals surface area contributed by atoms with Gasteiger partial charge in [-0.3, -0.25) is 19.2 Å². The van der Waals surface area contributed by atoms with E-state index in [1.165, 1.54) is 0 Å². The highest BCUT2D eigenvalue weighted by molar-refractivity contribution is 6.41. The second-order valence-electron chi connectivity index (χ2n) is 10.2. The maximum atomic E-state index is 11.7. The van der Waals surface area contributed by atoms with Crippen molar-refractivity contribution in [3.05, 3.63) is 0 Å². The van der Waals surface area contributed by atoms with Gasteiger partial charge in [-0.1, -0.05) is 61.8 Å². The third-order valence-corrected chi connectivity index (χ3v) is 5.85. The van der Waals surface area contributed by atoms with E-state index in [2.05, 4.69) is 0 Å². The topological polar surface area (TPSA) is 68.3 Å². The van der Waals surface area contributed by atoms with Gasteiger partial charge in [0.15, 0.2) is 0 Å². The Balaban J connectivity index is 0.000000251. The van der Waals surface area contributed by atoms with E-state index >= 15 is 0 Å². The van der Waals surface area contributed by atoms with Gasteiger partial charge in [-0.25, -0.2) is 0 Å². The average molecular weight is 350 g/mol. The van der Waals surface area contributed by atoms with E-state index < -0.39 is 21.7 Å². The largest absolute Gasteiger partial charge is 0.290 e. The van der Waals surface area contributed by atoms with E-state index in [1.807, 2.05) is 55.4 Å². The van der Waals surface area contributed by atoms with Gasteiger partial charge in [0, 0.05) is 21.7 Å². The van der Waals surface area contributed by atoms with Crippen LogP contribution in [0.3, 0.4) is 0 Å². The van der Waals surface area contributed by atoms with Gasteiger partial charge >= 0.3 is 0 Å². The first-order chi connectivity index (χ1) is 11.0. The highest BCUT2D eigenvalue weighted by atomic mass is 16.2. The van der Waals surface area contributed by atoms with Gasteiger partial charge in [-0.05, 0) is 25.7 Å². The van der Waals surface area contributed by atoms with Gasteiger partial charge in [0.2, 0.25) is 23.1 Å². The Kier molecular flexibility index (Phi) is 5.88. The van der Waals surface area contributed by atoms with Gasteiger partial charge in [0.05, 0.1) is 0 Å². The molecular formula is C21H34O4. The van der Waals surface area contributed by atoms with Gasteiger partial charge in [0.1, 0.15) is 0 Å². The number of carbonyl (C=O) groups is 4. The molecule has 0 N–H and O–H groups in total. The van der Waals surface area contributed by atoms with Crippen molar-refractivity contribution < 1.29 is 19.2 Å². The van der Waals surface area contributed by atoms with Crippen molar-refractivity contribution in [2.45, 2.75) is 87.5 Å². The average Bonchev–Trinajstić information content (AvgIpc) is 2.54. The Morgan fingerprint density at radius 1 is 0.440 bits per heavy atom. The van der Waals surface area contributed by atoms with Crippen molar-refractivity contribution >= 4 is 23.1 Å². The maximum absolute atomic E-state index is 11.7. The van der Waals surface area contributed by atoms with Crippen molar-refractivity contribution in [3.63, 3.8) is 0 Å². The SMILES string of the molecule is CC1(C)CCC(C)(C)C(=O)C1=O.CC1(C)CCCC(C)(C)C(=O)C1=O. The van der Waals surface area contributed by atoms with E-state index in [0.29, 0.717) is 0 Å². The number of ketones is 4. The minimum absolute atomic E-state index is 0.185. The zero-order chi connectivity index (χ0) is 19.8. The lowest BCUT2D eigenvalue weighted by Crippen LogP contribution is -2.45. The summed E-state index contributed by atoms with van der Waals surface area (Å²) in [5.41, 5.74) is -1.73. The molecule has 4 nitrogen and oxygen atoms in total. The molecule has 4 heteroatoms. The predicted octanol–water partition coefficient (Wildman–Crippen LogP) is 4.33. The molecule has 2 rings (SSSR count). The Bertz CT molecular complexity index is 539. The molecule has 142 valence electrons. The molecule has 2 aliphatic rings. The van der Waals surface area contributed by atoms with Crippen molar-refractivity contribution in [3.8, 4) is 0 Å². The smallest absolute Gasteiger partial charge is 0.204 e. The third kappa shape index (κ3) is 4.65. The first-order valence-electron chi connectivity index (χ1n) is 9.23. The molecular weight excluding hydrogens is 316 g/mol. The third-order valence-electron chi connectivity index (χ3n) is 5.85. The number of rotatable bonds is 0. The second kappa shape index (κ2) is 6.77. The Morgan fingerprint density at radius 3 is 0.880 bits per heavy atom. The summed E-state index contributed by atoms with van der Waals surface area (Å²) in [6, 6.07) is 0. The molecule has 0 heterocycles. The Labute approximate surface area is 152 Å². The molecule has 0 amide bonds. The van der Waals surface area contributed by atoms with E-state index in [1.54, 1.807) is 0 Å². The first-order valence-corrected chi connectivity index (χ1v) is 9.23. The van der Waals surface area contributed by atoms with Crippen LogP contribution in [0.5, 0.6) is 0 Å². The van der Waals surface area contributed by atoms with Crippen molar-refractivity contribution in [2.75, 3.05) is 0 Å². The molecule has 0 bridgehead atoms.